The van der Waals surface area contributed by atoms with E-state index in [0.717, 1.165) is 11.4 Å². The molecule has 3 nitrogen and oxygen atoms in total. The van der Waals surface area contributed by atoms with Crippen molar-refractivity contribution in [2.45, 2.75) is 38.6 Å². The molecule has 0 saturated heterocycles. The maximum Gasteiger partial charge on any atom is 0.125 e. The summed E-state index contributed by atoms with van der Waals surface area (Å²) in [6.07, 6.45) is 8.90. The first kappa shape index (κ1) is 9.59. The molecular formula is C11H17N3. The van der Waals surface area contributed by atoms with Gasteiger partial charge in [0.1, 0.15) is 5.82 Å². The van der Waals surface area contributed by atoms with Crippen LogP contribution in [0.25, 0.3) is 0 Å². The lowest BCUT2D eigenvalue weighted by molar-refractivity contribution is 0.443. The highest BCUT2D eigenvalue weighted by Gasteiger charge is 2.23. The first-order valence-electron chi connectivity index (χ1n) is 5.31. The van der Waals surface area contributed by atoms with Gasteiger partial charge < -0.3 is 5.73 Å². The lowest BCUT2D eigenvalue weighted by Gasteiger charge is -2.18. The zero-order chi connectivity index (χ0) is 9.97. The maximum atomic E-state index is 6.17. The van der Waals surface area contributed by atoms with Crippen LogP contribution in [-0.4, -0.2) is 9.97 Å². The van der Waals surface area contributed by atoms with Crippen molar-refractivity contribution in [3.8, 4) is 0 Å². The zero-order valence-electron chi connectivity index (χ0n) is 8.61. The highest BCUT2D eigenvalue weighted by Crippen LogP contribution is 2.33. The van der Waals surface area contributed by atoms with Crippen molar-refractivity contribution in [2.24, 2.45) is 11.7 Å². The number of hydrogen-bond donors (Lipinski definition) is 1. The second kappa shape index (κ2) is 4.05. The minimum Gasteiger partial charge on any atom is -0.324 e. The molecule has 1 heterocycles. The third-order valence-electron chi connectivity index (χ3n) is 3.09. The highest BCUT2D eigenvalue weighted by molar-refractivity contribution is 5.11. The monoisotopic (exact) mass is 191 g/mol. The molecule has 0 spiro atoms. The molecule has 1 aliphatic rings. The molecule has 1 aliphatic carbocycles. The van der Waals surface area contributed by atoms with Gasteiger partial charge in [-0.3, -0.25) is 0 Å². The van der Waals surface area contributed by atoms with Crippen LogP contribution in [0.5, 0.6) is 0 Å². The fourth-order valence-corrected chi connectivity index (χ4v) is 2.16. The Balaban J connectivity index is 2.09. The second-order valence-corrected chi connectivity index (χ2v) is 4.13. The molecule has 76 valence electrons. The van der Waals surface area contributed by atoms with Gasteiger partial charge >= 0.3 is 0 Å². The van der Waals surface area contributed by atoms with Gasteiger partial charge in [0, 0.05) is 24.0 Å². The summed E-state index contributed by atoms with van der Waals surface area (Å²) in [6.45, 7) is 1.89. The molecule has 2 rings (SSSR count). The summed E-state index contributed by atoms with van der Waals surface area (Å²) in [5.74, 6) is 1.45. The zero-order valence-corrected chi connectivity index (χ0v) is 8.61. The van der Waals surface area contributed by atoms with Gasteiger partial charge in [0.25, 0.3) is 0 Å². The van der Waals surface area contributed by atoms with Crippen LogP contribution in [-0.2, 0) is 0 Å². The van der Waals surface area contributed by atoms with Crippen LogP contribution in [0.1, 0.15) is 43.1 Å². The predicted octanol–water partition coefficient (Wildman–Crippen LogP) is 1.98. The Morgan fingerprint density at radius 1 is 1.29 bits per heavy atom. The predicted molar refractivity (Wildman–Crippen MR) is 55.7 cm³/mol. The van der Waals surface area contributed by atoms with Crippen molar-refractivity contribution in [1.82, 2.24) is 9.97 Å². The minimum atomic E-state index is 0.137. The quantitative estimate of drug-likeness (QED) is 0.777. The highest BCUT2D eigenvalue weighted by atomic mass is 14.9. The molecule has 0 radical (unpaired) electrons. The fraction of sp³-hybridized carbons (Fsp3) is 0.636. The van der Waals surface area contributed by atoms with Crippen molar-refractivity contribution in [1.29, 1.82) is 0 Å². The average molecular weight is 191 g/mol. The lowest BCUT2D eigenvalue weighted by atomic mass is 9.94. The summed E-state index contributed by atoms with van der Waals surface area (Å²) in [7, 11) is 0. The lowest BCUT2D eigenvalue weighted by Crippen LogP contribution is -2.19. The number of nitrogens with two attached hydrogens (primary N) is 1. The maximum absolute atomic E-state index is 6.17. The SMILES string of the molecule is Cc1ncc(C(N)C2CCCC2)cn1. The van der Waals surface area contributed by atoms with Gasteiger partial charge in [-0.1, -0.05) is 12.8 Å². The van der Waals surface area contributed by atoms with E-state index in [0.29, 0.717) is 5.92 Å². The summed E-state index contributed by atoms with van der Waals surface area (Å²) >= 11 is 0. The smallest absolute Gasteiger partial charge is 0.125 e. The molecule has 1 saturated carbocycles. The van der Waals surface area contributed by atoms with E-state index in [4.69, 9.17) is 5.73 Å². The molecule has 1 atom stereocenters. The Hall–Kier alpha value is -0.960. The van der Waals surface area contributed by atoms with E-state index in [1.165, 1.54) is 25.7 Å². The summed E-state index contributed by atoms with van der Waals surface area (Å²) < 4.78 is 0. The molecule has 1 unspecified atom stereocenters. The minimum absolute atomic E-state index is 0.137. The molecule has 0 amide bonds. The normalized spacial score (nSPS) is 19.9. The van der Waals surface area contributed by atoms with Crippen LogP contribution >= 0.6 is 0 Å². The number of aryl methyl sites for hydroxylation is 1. The van der Waals surface area contributed by atoms with E-state index in [-0.39, 0.29) is 6.04 Å². The van der Waals surface area contributed by atoms with Gasteiger partial charge in [-0.15, -0.1) is 0 Å². The Morgan fingerprint density at radius 2 is 1.86 bits per heavy atom. The van der Waals surface area contributed by atoms with Crippen molar-refractivity contribution in [2.75, 3.05) is 0 Å². The molecule has 0 bridgehead atoms. The van der Waals surface area contributed by atoms with Crippen LogP contribution in [0.2, 0.25) is 0 Å². The molecule has 14 heavy (non-hydrogen) atoms. The van der Waals surface area contributed by atoms with E-state index in [9.17, 15) is 0 Å². The fourth-order valence-electron chi connectivity index (χ4n) is 2.16. The molecule has 1 aromatic heterocycles. The summed E-state index contributed by atoms with van der Waals surface area (Å²) in [6, 6.07) is 0.137. The molecule has 2 N–H and O–H groups in total. The van der Waals surface area contributed by atoms with E-state index in [2.05, 4.69) is 9.97 Å². The molecule has 0 aromatic carbocycles. The van der Waals surface area contributed by atoms with Gasteiger partial charge in [0.2, 0.25) is 0 Å². The van der Waals surface area contributed by atoms with Crippen molar-refractivity contribution < 1.29 is 0 Å². The number of rotatable bonds is 2. The number of aromatic nitrogens is 2. The van der Waals surface area contributed by atoms with Crippen molar-refractivity contribution in [3.05, 3.63) is 23.8 Å². The topological polar surface area (TPSA) is 51.8 Å². The Bertz CT molecular complexity index is 288. The standard InChI is InChI=1S/C11H17N3/c1-8-13-6-10(7-14-8)11(12)9-4-2-3-5-9/h6-7,9,11H,2-5,12H2,1H3. The van der Waals surface area contributed by atoms with Gasteiger partial charge in [0.05, 0.1) is 0 Å². The third kappa shape index (κ3) is 1.93. The van der Waals surface area contributed by atoms with E-state index in [1.807, 2.05) is 19.3 Å². The van der Waals surface area contributed by atoms with E-state index >= 15 is 0 Å². The summed E-state index contributed by atoms with van der Waals surface area (Å²) in [5.41, 5.74) is 7.26. The molecule has 3 heteroatoms. The van der Waals surface area contributed by atoms with Crippen LogP contribution in [0.4, 0.5) is 0 Å². The van der Waals surface area contributed by atoms with Gasteiger partial charge in [0.15, 0.2) is 0 Å². The first-order chi connectivity index (χ1) is 6.77. The van der Waals surface area contributed by atoms with Crippen molar-refractivity contribution in [3.63, 3.8) is 0 Å². The first-order valence-corrected chi connectivity index (χ1v) is 5.31. The van der Waals surface area contributed by atoms with Crippen LogP contribution in [0.15, 0.2) is 12.4 Å². The van der Waals surface area contributed by atoms with Crippen LogP contribution in [0, 0.1) is 12.8 Å². The Kier molecular flexibility index (Phi) is 2.77. The second-order valence-electron chi connectivity index (χ2n) is 4.13. The van der Waals surface area contributed by atoms with Crippen LogP contribution in [0.3, 0.4) is 0 Å². The summed E-state index contributed by atoms with van der Waals surface area (Å²) in [5, 5.41) is 0. The molecule has 1 aromatic rings. The summed E-state index contributed by atoms with van der Waals surface area (Å²) in [4.78, 5) is 8.36. The number of hydrogen-bond acceptors (Lipinski definition) is 3. The Morgan fingerprint density at radius 3 is 2.43 bits per heavy atom. The van der Waals surface area contributed by atoms with Gasteiger partial charge in [-0.25, -0.2) is 9.97 Å². The molecular weight excluding hydrogens is 174 g/mol. The van der Waals surface area contributed by atoms with E-state index in [1.54, 1.807) is 0 Å². The molecule has 0 aliphatic heterocycles. The number of nitrogens with zero attached hydrogens (tertiary/aromatic N) is 2. The Labute approximate surface area is 84.8 Å². The van der Waals surface area contributed by atoms with E-state index < -0.39 is 0 Å². The van der Waals surface area contributed by atoms with Crippen LogP contribution < -0.4 is 5.73 Å². The van der Waals surface area contributed by atoms with Gasteiger partial charge in [-0.2, -0.15) is 0 Å². The van der Waals surface area contributed by atoms with Crippen molar-refractivity contribution >= 4 is 0 Å². The average Bonchev–Trinajstić information content (AvgIpc) is 2.71. The largest absolute Gasteiger partial charge is 0.324 e. The molecule has 1 fully saturated rings. The third-order valence-corrected chi connectivity index (χ3v) is 3.09. The van der Waals surface area contributed by atoms with Gasteiger partial charge in [-0.05, 0) is 25.7 Å².